The molecule has 0 aliphatic heterocycles. The van der Waals surface area contributed by atoms with Gasteiger partial charge in [0, 0.05) is 10.6 Å². The maximum Gasteiger partial charge on any atom is 0.206 e. The zero-order valence-electron chi connectivity index (χ0n) is 10.4. The van der Waals surface area contributed by atoms with E-state index in [0.29, 0.717) is 17.0 Å². The molecule has 3 nitrogen and oxygen atoms in total. The molecule has 0 aliphatic rings. The van der Waals surface area contributed by atoms with Crippen molar-refractivity contribution in [2.75, 3.05) is 12.8 Å². The summed E-state index contributed by atoms with van der Waals surface area (Å²) in [5, 5.41) is 0. The highest BCUT2D eigenvalue weighted by atomic mass is 32.1. The molecule has 0 fully saturated rings. The minimum Gasteiger partial charge on any atom is -0.496 e. The van der Waals surface area contributed by atoms with Gasteiger partial charge in [0.25, 0.3) is 0 Å². The Morgan fingerprint density at radius 3 is 2.72 bits per heavy atom. The normalized spacial score (nSPS) is 10.3. The SMILES string of the molecule is CCc1ccc(C(=O)c2cc(N)ccc2OC)s1. The average molecular weight is 261 g/mol. The fraction of sp³-hybridized carbons (Fsp3) is 0.214. The predicted octanol–water partition coefficient (Wildman–Crippen LogP) is 3.13. The van der Waals surface area contributed by atoms with E-state index in [2.05, 4.69) is 6.92 Å². The molecule has 0 saturated heterocycles. The smallest absolute Gasteiger partial charge is 0.206 e. The lowest BCUT2D eigenvalue weighted by Crippen LogP contribution is -2.03. The van der Waals surface area contributed by atoms with Crippen LogP contribution in [-0.2, 0) is 6.42 Å². The minimum atomic E-state index is -0.0381. The second-order valence-corrected chi connectivity index (χ2v) is 5.08. The number of thiophene rings is 1. The summed E-state index contributed by atoms with van der Waals surface area (Å²) in [5.41, 5.74) is 6.80. The van der Waals surface area contributed by atoms with E-state index in [1.807, 2.05) is 12.1 Å². The summed E-state index contributed by atoms with van der Waals surface area (Å²) in [7, 11) is 1.55. The third-order valence-electron chi connectivity index (χ3n) is 2.70. The highest BCUT2D eigenvalue weighted by molar-refractivity contribution is 7.14. The van der Waals surface area contributed by atoms with Crippen molar-refractivity contribution in [3.8, 4) is 5.75 Å². The van der Waals surface area contributed by atoms with E-state index in [1.54, 1.807) is 25.3 Å². The predicted molar refractivity (Wildman–Crippen MR) is 74.5 cm³/mol. The van der Waals surface area contributed by atoms with E-state index in [1.165, 1.54) is 16.2 Å². The van der Waals surface area contributed by atoms with Gasteiger partial charge in [-0.25, -0.2) is 0 Å². The van der Waals surface area contributed by atoms with Gasteiger partial charge in [0.1, 0.15) is 5.75 Å². The molecule has 0 radical (unpaired) electrons. The number of carbonyl (C=O) groups is 1. The summed E-state index contributed by atoms with van der Waals surface area (Å²) in [6.07, 6.45) is 0.937. The van der Waals surface area contributed by atoms with E-state index in [0.717, 1.165) is 11.3 Å². The third-order valence-corrected chi connectivity index (χ3v) is 3.93. The van der Waals surface area contributed by atoms with Gasteiger partial charge in [-0.1, -0.05) is 6.92 Å². The molecule has 0 atom stereocenters. The van der Waals surface area contributed by atoms with Gasteiger partial charge in [-0.2, -0.15) is 0 Å². The summed E-state index contributed by atoms with van der Waals surface area (Å²) in [6, 6.07) is 8.94. The lowest BCUT2D eigenvalue weighted by atomic mass is 10.1. The molecule has 1 aromatic carbocycles. The molecular formula is C14H15NO2S. The average Bonchev–Trinajstić information content (AvgIpc) is 2.86. The van der Waals surface area contributed by atoms with Gasteiger partial charge in [0.15, 0.2) is 0 Å². The van der Waals surface area contributed by atoms with Gasteiger partial charge in [-0.3, -0.25) is 4.79 Å². The third kappa shape index (κ3) is 2.38. The van der Waals surface area contributed by atoms with Crippen LogP contribution in [0.1, 0.15) is 27.0 Å². The second-order valence-electron chi connectivity index (χ2n) is 3.91. The van der Waals surface area contributed by atoms with E-state index < -0.39 is 0 Å². The fourth-order valence-electron chi connectivity index (χ4n) is 1.73. The quantitative estimate of drug-likeness (QED) is 0.679. The van der Waals surface area contributed by atoms with Crippen molar-refractivity contribution in [3.05, 3.63) is 45.6 Å². The molecule has 18 heavy (non-hydrogen) atoms. The number of ether oxygens (including phenoxy) is 1. The van der Waals surface area contributed by atoms with Crippen molar-refractivity contribution < 1.29 is 9.53 Å². The standard InChI is InChI=1S/C14H15NO2S/c1-3-10-5-7-13(18-10)14(16)11-8-9(15)4-6-12(11)17-2/h4-8H,3,15H2,1-2H3. The number of hydrogen-bond acceptors (Lipinski definition) is 4. The fourth-order valence-corrected chi connectivity index (χ4v) is 2.63. The van der Waals surface area contributed by atoms with Gasteiger partial charge in [0.2, 0.25) is 5.78 Å². The Bertz CT molecular complexity index is 575. The van der Waals surface area contributed by atoms with Crippen molar-refractivity contribution in [2.45, 2.75) is 13.3 Å². The number of rotatable bonds is 4. The molecule has 2 N–H and O–H groups in total. The second kappa shape index (κ2) is 5.23. The largest absolute Gasteiger partial charge is 0.496 e. The number of ketones is 1. The van der Waals surface area contributed by atoms with Crippen LogP contribution >= 0.6 is 11.3 Å². The topological polar surface area (TPSA) is 52.3 Å². The van der Waals surface area contributed by atoms with Gasteiger partial charge >= 0.3 is 0 Å². The summed E-state index contributed by atoms with van der Waals surface area (Å²) in [6.45, 7) is 2.07. The Kier molecular flexibility index (Phi) is 3.67. The Hall–Kier alpha value is -1.81. The molecule has 4 heteroatoms. The molecule has 2 aromatic rings. The van der Waals surface area contributed by atoms with Crippen molar-refractivity contribution in [1.82, 2.24) is 0 Å². The first kappa shape index (κ1) is 12.6. The van der Waals surface area contributed by atoms with Crippen LogP contribution in [0.15, 0.2) is 30.3 Å². The zero-order valence-corrected chi connectivity index (χ0v) is 11.2. The van der Waals surface area contributed by atoms with Crippen molar-refractivity contribution in [3.63, 3.8) is 0 Å². The monoisotopic (exact) mass is 261 g/mol. The van der Waals surface area contributed by atoms with E-state index in [-0.39, 0.29) is 5.78 Å². The summed E-state index contributed by atoms with van der Waals surface area (Å²) < 4.78 is 5.20. The lowest BCUT2D eigenvalue weighted by molar-refractivity contribution is 0.103. The molecule has 94 valence electrons. The maximum absolute atomic E-state index is 12.4. The molecule has 1 aromatic heterocycles. The number of hydrogen-bond donors (Lipinski definition) is 1. The molecule has 0 bridgehead atoms. The Balaban J connectivity index is 2.41. The molecular weight excluding hydrogens is 246 g/mol. The highest BCUT2D eigenvalue weighted by Crippen LogP contribution is 2.27. The first-order valence-corrected chi connectivity index (χ1v) is 6.54. The first-order chi connectivity index (χ1) is 8.65. The molecule has 0 aliphatic carbocycles. The Morgan fingerprint density at radius 1 is 1.33 bits per heavy atom. The van der Waals surface area contributed by atoms with Gasteiger partial charge in [-0.05, 0) is 36.8 Å². The number of nitrogen functional groups attached to an aromatic ring is 1. The Labute approximate surface area is 110 Å². The van der Waals surface area contributed by atoms with Crippen LogP contribution in [0.25, 0.3) is 0 Å². The summed E-state index contributed by atoms with van der Waals surface area (Å²) in [4.78, 5) is 14.3. The van der Waals surface area contributed by atoms with Crippen LogP contribution in [-0.4, -0.2) is 12.9 Å². The molecule has 0 unspecified atom stereocenters. The summed E-state index contributed by atoms with van der Waals surface area (Å²) >= 11 is 1.51. The first-order valence-electron chi connectivity index (χ1n) is 5.72. The van der Waals surface area contributed by atoms with Gasteiger partial charge in [0.05, 0.1) is 17.6 Å². The molecule has 1 heterocycles. The molecule has 0 spiro atoms. The lowest BCUT2D eigenvalue weighted by Gasteiger charge is -2.07. The number of carbonyl (C=O) groups excluding carboxylic acids is 1. The highest BCUT2D eigenvalue weighted by Gasteiger charge is 2.16. The van der Waals surface area contributed by atoms with Crippen LogP contribution in [0.4, 0.5) is 5.69 Å². The van der Waals surface area contributed by atoms with Crippen LogP contribution in [0.2, 0.25) is 0 Å². The van der Waals surface area contributed by atoms with Crippen LogP contribution < -0.4 is 10.5 Å². The molecule has 2 rings (SSSR count). The number of anilines is 1. The maximum atomic E-state index is 12.4. The molecule has 0 saturated carbocycles. The minimum absolute atomic E-state index is 0.0381. The van der Waals surface area contributed by atoms with E-state index in [4.69, 9.17) is 10.5 Å². The Morgan fingerprint density at radius 2 is 2.11 bits per heavy atom. The van der Waals surface area contributed by atoms with E-state index in [9.17, 15) is 4.79 Å². The van der Waals surface area contributed by atoms with Crippen molar-refractivity contribution in [1.29, 1.82) is 0 Å². The van der Waals surface area contributed by atoms with E-state index >= 15 is 0 Å². The van der Waals surface area contributed by atoms with Crippen LogP contribution in [0.5, 0.6) is 5.75 Å². The van der Waals surface area contributed by atoms with Crippen molar-refractivity contribution in [2.24, 2.45) is 0 Å². The van der Waals surface area contributed by atoms with Crippen LogP contribution in [0.3, 0.4) is 0 Å². The zero-order chi connectivity index (χ0) is 13.1. The van der Waals surface area contributed by atoms with Gasteiger partial charge in [-0.15, -0.1) is 11.3 Å². The van der Waals surface area contributed by atoms with Gasteiger partial charge < -0.3 is 10.5 Å². The molecule has 0 amide bonds. The van der Waals surface area contributed by atoms with Crippen molar-refractivity contribution >= 4 is 22.8 Å². The number of nitrogens with two attached hydrogens (primary N) is 1. The number of aryl methyl sites for hydroxylation is 1. The summed E-state index contributed by atoms with van der Waals surface area (Å²) in [5.74, 6) is 0.518. The number of methoxy groups -OCH3 is 1. The van der Waals surface area contributed by atoms with Crippen LogP contribution in [0, 0.1) is 0 Å². The number of benzene rings is 1.